The minimum atomic E-state index is -0.0773. The fourth-order valence-electron chi connectivity index (χ4n) is 15.2. The van der Waals surface area contributed by atoms with E-state index in [2.05, 4.69) is 84.3 Å². The number of imidazole rings is 3. The van der Waals surface area contributed by atoms with E-state index in [1.165, 1.54) is 25.7 Å². The van der Waals surface area contributed by atoms with Crippen LogP contribution < -0.4 is 44.9 Å². The Kier molecular flexibility index (Phi) is 20.5. The van der Waals surface area contributed by atoms with Crippen LogP contribution in [-0.2, 0) is 29.1 Å². The van der Waals surface area contributed by atoms with Crippen molar-refractivity contribution in [2.24, 2.45) is 15.0 Å². The van der Waals surface area contributed by atoms with E-state index in [9.17, 15) is 14.4 Å². The number of halogens is 3. The molecule has 8 aliphatic heterocycles. The number of nitrogens with zero attached hydrogens (tertiary/aromatic N) is 15. The maximum atomic E-state index is 13.9. The number of aromatic nitrogens is 6. The average Bonchev–Trinajstić information content (AvgIpc) is 1.57. The van der Waals surface area contributed by atoms with Crippen molar-refractivity contribution >= 4 is 114 Å². The molecular weight excluding hydrogens is 1420 g/mol. The molecule has 2 atom stereocenters. The van der Waals surface area contributed by atoms with E-state index < -0.39 is 0 Å². The van der Waals surface area contributed by atoms with Crippen LogP contribution in [0.25, 0.3) is 0 Å². The molecule has 2 aliphatic carbocycles. The molecule has 6 aromatic rings. The number of guanidine groups is 3. The fourth-order valence-corrected chi connectivity index (χ4v) is 16.6. The lowest BCUT2D eigenvalue weighted by Gasteiger charge is -2.35. The largest absolute Gasteiger partial charge is 0.496 e. The molecule has 99 heavy (non-hydrogen) atoms. The van der Waals surface area contributed by atoms with Crippen molar-refractivity contribution < 1.29 is 38.1 Å². The van der Waals surface area contributed by atoms with Crippen molar-refractivity contribution in [1.82, 2.24) is 43.4 Å². The zero-order valence-electron chi connectivity index (χ0n) is 57.1. The zero-order chi connectivity index (χ0) is 68.6. The number of hydrogen-bond donors (Lipinski definition) is 3. The number of methoxy groups -OCH3 is 3. The van der Waals surface area contributed by atoms with Gasteiger partial charge in [-0.15, -0.1) is 0 Å². The van der Waals surface area contributed by atoms with Crippen molar-refractivity contribution in [1.29, 1.82) is 0 Å². The van der Waals surface area contributed by atoms with E-state index in [0.717, 1.165) is 139 Å². The molecule has 2 saturated carbocycles. The minimum Gasteiger partial charge on any atom is -0.496 e. The van der Waals surface area contributed by atoms with Gasteiger partial charge in [0, 0.05) is 77.3 Å². The molecular formula is C70H87Br2ClN18O8. The Hall–Kier alpha value is -7.92. The van der Waals surface area contributed by atoms with Crippen molar-refractivity contribution in [3.05, 3.63) is 102 Å². The maximum Gasteiger partial charge on any atom is 0.281 e. The third-order valence-corrected chi connectivity index (χ3v) is 21.8. The molecule has 0 unspecified atom stereocenters. The van der Waals surface area contributed by atoms with Crippen LogP contribution >= 0.6 is 43.5 Å². The molecule has 0 radical (unpaired) electrons. The highest BCUT2D eigenvalue weighted by Gasteiger charge is 2.51. The number of rotatable bonds is 18. The SMILES string of the molecule is CCN1C(=O)c2c(nc(NC3CCCCC3)n2Cc2ccc(OC)c(Br)c2)N2C1=N[C@@H]1CCC[C@@H]12.CCN1C(=O)c2c(nc(NC3CCOCC3)n2Cc2ccc(OC)c(Br)c2)N2CCN=C12.CCN1C(=O)c2c(nc(NC3CCOCC3)n2Cc2ccc(OC)c(Cl)c2)N2CCN=C12. The second-order valence-corrected chi connectivity index (χ2v) is 28.3. The van der Waals surface area contributed by atoms with Gasteiger partial charge in [0.25, 0.3) is 17.7 Å². The number of carbonyl (C=O) groups excluding carboxylic acids is 3. The van der Waals surface area contributed by atoms with Crippen LogP contribution in [0.1, 0.15) is 146 Å². The van der Waals surface area contributed by atoms with E-state index >= 15 is 0 Å². The molecule has 10 aliphatic rings. The van der Waals surface area contributed by atoms with Gasteiger partial charge in [-0.05, 0) is 164 Å². The van der Waals surface area contributed by atoms with Gasteiger partial charge in [-0.2, -0.15) is 15.0 Å². The quantitative estimate of drug-likeness (QED) is 0.0724. The topological polar surface area (TPSA) is 243 Å². The van der Waals surface area contributed by atoms with E-state index in [1.54, 1.807) is 31.1 Å². The number of carbonyl (C=O) groups is 3. The number of amides is 3. The van der Waals surface area contributed by atoms with Crippen molar-refractivity contribution in [2.45, 2.75) is 148 Å². The Morgan fingerprint density at radius 1 is 0.505 bits per heavy atom. The molecule has 3 aromatic heterocycles. The standard InChI is InChI=1S/C26H33BrN6O2.C22H27BrN6O3.C22H27ClN6O3/c1-3-31-24(34)22-23(33-20-11-7-10-19(20)29-26(31)33)30-25(28-17-8-5-4-6-9-17)32(22)15-16-12-13-21(35-2)18(27)14-16;2*1-3-27-20(30)18-19(28-9-8-24-22(27)28)26-21(25-15-6-10-32-11-7-15)29(18)13-14-4-5-17(31-2)16(23)12-14/h12-14,17,19-20H,3-11,15H2,1-2H3,(H,28,30);2*4-5,12,15H,3,6-11,13H2,1-2H3,(H,25,26)/t19-,20+;;/m1../s1. The van der Waals surface area contributed by atoms with Crippen LogP contribution in [0.15, 0.2) is 78.5 Å². The third-order valence-electron chi connectivity index (χ3n) is 20.2. The molecule has 3 N–H and O–H groups in total. The van der Waals surface area contributed by atoms with Crippen LogP contribution in [0.4, 0.5) is 35.3 Å². The van der Waals surface area contributed by atoms with E-state index in [4.69, 9.17) is 55.2 Å². The number of aliphatic imine (C=N–C) groups is 3. The molecule has 11 heterocycles. The van der Waals surface area contributed by atoms with Gasteiger partial charge in [0.2, 0.25) is 35.7 Å². The van der Waals surface area contributed by atoms with Gasteiger partial charge in [-0.25, -0.2) is 4.99 Å². The lowest BCUT2D eigenvalue weighted by atomic mass is 9.96. The second-order valence-electron chi connectivity index (χ2n) is 26.2. The molecule has 3 aromatic carbocycles. The first-order valence-corrected chi connectivity index (χ1v) is 37.0. The van der Waals surface area contributed by atoms with Crippen LogP contribution in [0.2, 0.25) is 5.02 Å². The van der Waals surface area contributed by atoms with Crippen LogP contribution in [0.3, 0.4) is 0 Å². The molecule has 3 amide bonds. The van der Waals surface area contributed by atoms with Gasteiger partial charge in [-0.1, -0.05) is 49.1 Å². The lowest BCUT2D eigenvalue weighted by molar-refractivity contribution is 0.0827. The van der Waals surface area contributed by atoms with Gasteiger partial charge in [0.15, 0.2) is 34.5 Å². The number of fused-ring (bicyclic) bond motifs is 11. The molecule has 29 heteroatoms. The van der Waals surface area contributed by atoms with Crippen LogP contribution in [-0.4, -0.2) is 203 Å². The first-order valence-electron chi connectivity index (χ1n) is 35.0. The molecule has 16 rings (SSSR count). The van der Waals surface area contributed by atoms with Gasteiger partial charge in [-0.3, -0.25) is 67.5 Å². The molecule has 2 saturated heterocycles. The van der Waals surface area contributed by atoms with Crippen molar-refractivity contribution in [2.75, 3.05) is 124 Å². The number of nitrogens with one attached hydrogen (secondary N) is 3. The van der Waals surface area contributed by atoms with Crippen molar-refractivity contribution in [3.8, 4) is 17.2 Å². The molecule has 0 bridgehead atoms. The number of benzene rings is 3. The Balaban J connectivity index is 0.000000127. The summed E-state index contributed by atoms with van der Waals surface area (Å²) in [4.78, 5) is 81.8. The summed E-state index contributed by atoms with van der Waals surface area (Å²) < 4.78 is 35.0. The average molecular weight is 1500 g/mol. The van der Waals surface area contributed by atoms with Crippen LogP contribution in [0, 0.1) is 0 Å². The molecule has 526 valence electrons. The second kappa shape index (κ2) is 29.7. The summed E-state index contributed by atoms with van der Waals surface area (Å²) in [6, 6.07) is 19.2. The highest BCUT2D eigenvalue weighted by atomic mass is 79.9. The zero-order valence-corrected chi connectivity index (χ0v) is 61.0. The monoisotopic (exact) mass is 1500 g/mol. The summed E-state index contributed by atoms with van der Waals surface area (Å²) in [5, 5.41) is 11.4. The lowest BCUT2D eigenvalue weighted by Crippen LogP contribution is -2.53. The highest BCUT2D eigenvalue weighted by Crippen LogP contribution is 2.44. The Bertz CT molecular complexity index is 3950. The third kappa shape index (κ3) is 13.3. The number of anilines is 6. The summed E-state index contributed by atoms with van der Waals surface area (Å²) in [7, 11) is 4.91. The van der Waals surface area contributed by atoms with E-state index in [0.29, 0.717) is 134 Å². The van der Waals surface area contributed by atoms with Gasteiger partial charge in [0.1, 0.15) is 17.2 Å². The number of hydrogen-bond acceptors (Lipinski definition) is 20. The highest BCUT2D eigenvalue weighted by molar-refractivity contribution is 9.11. The first kappa shape index (κ1) is 68.2. The molecule has 4 fully saturated rings. The smallest absolute Gasteiger partial charge is 0.281 e. The van der Waals surface area contributed by atoms with Gasteiger partial charge in [0.05, 0.1) is 80.1 Å². The van der Waals surface area contributed by atoms with Gasteiger partial charge < -0.3 is 39.6 Å². The van der Waals surface area contributed by atoms with Crippen molar-refractivity contribution in [3.63, 3.8) is 0 Å². The Labute approximate surface area is 598 Å². The summed E-state index contributed by atoms with van der Waals surface area (Å²) in [6.07, 6.45) is 13.0. The summed E-state index contributed by atoms with van der Waals surface area (Å²) in [5.74, 6) is 8.57. The summed E-state index contributed by atoms with van der Waals surface area (Å²) in [6.45, 7) is 14.9. The Morgan fingerprint density at radius 3 is 1.35 bits per heavy atom. The fraction of sp³-hybridized carbons (Fsp3) is 0.529. The molecule has 26 nitrogen and oxygen atoms in total. The first-order chi connectivity index (χ1) is 48.3. The van der Waals surface area contributed by atoms with Crippen LogP contribution in [0.5, 0.6) is 17.2 Å². The van der Waals surface area contributed by atoms with E-state index in [1.807, 2.05) is 82.2 Å². The maximum absolute atomic E-state index is 13.9. The van der Waals surface area contributed by atoms with E-state index in [-0.39, 0.29) is 35.8 Å². The van der Waals surface area contributed by atoms with Gasteiger partial charge >= 0.3 is 0 Å². The summed E-state index contributed by atoms with van der Waals surface area (Å²) in [5.41, 5.74) is 4.94. The molecule has 0 spiro atoms. The number of ether oxygens (including phenoxy) is 5. The minimum absolute atomic E-state index is 0.00533. The normalized spacial score (nSPS) is 20.3. The summed E-state index contributed by atoms with van der Waals surface area (Å²) >= 11 is 13.6. The Morgan fingerprint density at radius 2 is 0.919 bits per heavy atom. The predicted molar refractivity (Wildman–Crippen MR) is 390 cm³/mol. The predicted octanol–water partition coefficient (Wildman–Crippen LogP) is 10.8.